The van der Waals surface area contributed by atoms with Gasteiger partial charge in [-0.3, -0.25) is 9.10 Å². The van der Waals surface area contributed by atoms with Crippen LogP contribution in [0.25, 0.3) is 11.1 Å². The first-order chi connectivity index (χ1) is 13.3. The summed E-state index contributed by atoms with van der Waals surface area (Å²) in [5.74, 6) is -1.30. The molecule has 0 aliphatic carbocycles. The van der Waals surface area contributed by atoms with Crippen LogP contribution in [0.1, 0.15) is 0 Å². The first kappa shape index (κ1) is 20.2. The molecule has 0 amide bonds. The Morgan fingerprint density at radius 2 is 1.57 bits per heavy atom. The Balaban J connectivity index is 2.23. The lowest BCUT2D eigenvalue weighted by atomic mass is 10.0. The van der Waals surface area contributed by atoms with Crippen molar-refractivity contribution in [3.63, 3.8) is 0 Å². The summed E-state index contributed by atoms with van der Waals surface area (Å²) in [5, 5.41) is 9.51. The Bertz CT molecular complexity index is 1120. The van der Waals surface area contributed by atoms with E-state index < -0.39 is 22.5 Å². The van der Waals surface area contributed by atoms with Crippen LogP contribution in [0.3, 0.4) is 0 Å². The minimum absolute atomic E-state index is 0.0445. The third-order valence-electron chi connectivity index (χ3n) is 4.00. The molecule has 0 bridgehead atoms. The molecule has 5 nitrogen and oxygen atoms in total. The topological polar surface area (TPSA) is 74.7 Å². The van der Waals surface area contributed by atoms with Gasteiger partial charge in [-0.2, -0.15) is 0 Å². The fourth-order valence-corrected chi connectivity index (χ4v) is 4.94. The Morgan fingerprint density at radius 1 is 0.929 bits per heavy atom. The standard InChI is InChI=1S/C20H15Cl2NO4S/c21-15-10-11-17(22)19(12-15)28(26,27)23(13-20(24)25)18-9-5-4-8-16(18)14-6-2-1-3-7-14/h1-12H,13H2,(H,24,25). The first-order valence-corrected chi connectivity index (χ1v) is 10.3. The van der Waals surface area contributed by atoms with Crippen molar-refractivity contribution in [3.05, 3.63) is 82.8 Å². The number of sulfonamides is 1. The zero-order valence-electron chi connectivity index (χ0n) is 14.4. The molecule has 28 heavy (non-hydrogen) atoms. The molecule has 0 saturated heterocycles. The summed E-state index contributed by atoms with van der Waals surface area (Å²) in [4.78, 5) is 11.2. The molecule has 0 unspecified atom stereocenters. The lowest BCUT2D eigenvalue weighted by molar-refractivity contribution is -0.135. The average Bonchev–Trinajstić information content (AvgIpc) is 2.68. The highest BCUT2D eigenvalue weighted by atomic mass is 35.5. The monoisotopic (exact) mass is 435 g/mol. The van der Waals surface area contributed by atoms with Crippen LogP contribution >= 0.6 is 23.2 Å². The second-order valence-electron chi connectivity index (χ2n) is 5.86. The lowest BCUT2D eigenvalue weighted by Gasteiger charge is -2.25. The summed E-state index contributed by atoms with van der Waals surface area (Å²) in [5.41, 5.74) is 1.55. The molecule has 3 rings (SSSR count). The highest BCUT2D eigenvalue weighted by Gasteiger charge is 2.31. The molecule has 0 radical (unpaired) electrons. The number of carboxylic acids is 1. The summed E-state index contributed by atoms with van der Waals surface area (Å²) in [6.45, 7) is -0.769. The summed E-state index contributed by atoms with van der Waals surface area (Å²) >= 11 is 12.0. The number of aliphatic carboxylic acids is 1. The molecule has 144 valence electrons. The van der Waals surface area contributed by atoms with E-state index in [4.69, 9.17) is 23.2 Å². The zero-order valence-corrected chi connectivity index (χ0v) is 16.7. The van der Waals surface area contributed by atoms with E-state index in [-0.39, 0.29) is 20.6 Å². The highest BCUT2D eigenvalue weighted by molar-refractivity contribution is 7.93. The third-order valence-corrected chi connectivity index (χ3v) is 6.47. The number of para-hydroxylation sites is 1. The van der Waals surface area contributed by atoms with E-state index in [9.17, 15) is 18.3 Å². The summed E-state index contributed by atoms with van der Waals surface area (Å²) in [7, 11) is -4.30. The van der Waals surface area contributed by atoms with E-state index in [0.29, 0.717) is 5.56 Å². The van der Waals surface area contributed by atoms with Crippen LogP contribution in [0, 0.1) is 0 Å². The molecule has 8 heteroatoms. The molecule has 3 aromatic rings. The van der Waals surface area contributed by atoms with Gasteiger partial charge >= 0.3 is 5.97 Å². The number of nitrogens with zero attached hydrogens (tertiary/aromatic N) is 1. The zero-order chi connectivity index (χ0) is 20.3. The highest BCUT2D eigenvalue weighted by Crippen LogP contribution is 2.36. The van der Waals surface area contributed by atoms with E-state index in [1.54, 1.807) is 24.3 Å². The average molecular weight is 436 g/mol. The molecule has 0 spiro atoms. The molecule has 0 atom stereocenters. The van der Waals surface area contributed by atoms with E-state index >= 15 is 0 Å². The van der Waals surface area contributed by atoms with Crippen molar-refractivity contribution < 1.29 is 18.3 Å². The second-order valence-corrected chi connectivity index (χ2v) is 8.54. The van der Waals surface area contributed by atoms with Crippen molar-refractivity contribution in [1.29, 1.82) is 0 Å². The van der Waals surface area contributed by atoms with Crippen LogP contribution < -0.4 is 4.31 Å². The third kappa shape index (κ3) is 4.14. The molecule has 0 aromatic heterocycles. The van der Waals surface area contributed by atoms with E-state index in [2.05, 4.69) is 0 Å². The predicted octanol–water partition coefficient (Wildman–Crippen LogP) is 4.94. The smallest absolute Gasteiger partial charge is 0.324 e. The van der Waals surface area contributed by atoms with Gasteiger partial charge in [-0.25, -0.2) is 8.42 Å². The van der Waals surface area contributed by atoms with Gasteiger partial charge in [0.05, 0.1) is 10.7 Å². The van der Waals surface area contributed by atoms with Gasteiger partial charge in [0.1, 0.15) is 11.4 Å². The van der Waals surface area contributed by atoms with Gasteiger partial charge in [0.25, 0.3) is 10.0 Å². The van der Waals surface area contributed by atoms with Crippen LogP contribution in [0.2, 0.25) is 10.0 Å². The van der Waals surface area contributed by atoms with Gasteiger partial charge in [0.2, 0.25) is 0 Å². The number of carbonyl (C=O) groups is 1. The first-order valence-electron chi connectivity index (χ1n) is 8.15. The van der Waals surface area contributed by atoms with Crippen molar-refractivity contribution in [2.75, 3.05) is 10.8 Å². The number of hydrogen-bond acceptors (Lipinski definition) is 3. The molecule has 0 saturated carbocycles. The largest absolute Gasteiger partial charge is 0.480 e. The van der Waals surface area contributed by atoms with Gasteiger partial charge in [-0.15, -0.1) is 0 Å². The molecule has 1 N–H and O–H groups in total. The maximum absolute atomic E-state index is 13.3. The second kappa shape index (κ2) is 8.22. The fraction of sp³-hybridized carbons (Fsp3) is 0.0500. The van der Waals surface area contributed by atoms with Crippen LogP contribution in [0.15, 0.2) is 77.7 Å². The van der Waals surface area contributed by atoms with Gasteiger partial charge in [-0.05, 0) is 29.8 Å². The van der Waals surface area contributed by atoms with Crippen LogP contribution in [0.4, 0.5) is 5.69 Å². The minimum atomic E-state index is -4.30. The Kier molecular flexibility index (Phi) is 5.93. The van der Waals surface area contributed by atoms with Crippen molar-refractivity contribution in [2.45, 2.75) is 4.90 Å². The number of benzene rings is 3. The van der Waals surface area contributed by atoms with Crippen LogP contribution in [-0.2, 0) is 14.8 Å². The van der Waals surface area contributed by atoms with Gasteiger partial charge < -0.3 is 5.11 Å². The van der Waals surface area contributed by atoms with Gasteiger partial charge in [0, 0.05) is 10.6 Å². The summed E-state index contributed by atoms with van der Waals surface area (Å²) in [6.07, 6.45) is 0. The Morgan fingerprint density at radius 3 is 2.25 bits per heavy atom. The Hall–Kier alpha value is -2.54. The summed E-state index contributed by atoms with van der Waals surface area (Å²) < 4.78 is 27.5. The maximum atomic E-state index is 13.3. The maximum Gasteiger partial charge on any atom is 0.324 e. The van der Waals surface area contributed by atoms with Crippen molar-refractivity contribution in [2.24, 2.45) is 0 Å². The van der Waals surface area contributed by atoms with Crippen LogP contribution in [-0.4, -0.2) is 26.0 Å². The van der Waals surface area contributed by atoms with Crippen molar-refractivity contribution in [1.82, 2.24) is 0 Å². The normalized spacial score (nSPS) is 11.2. The van der Waals surface area contributed by atoms with E-state index in [0.717, 1.165) is 9.87 Å². The van der Waals surface area contributed by atoms with Crippen LogP contribution in [0.5, 0.6) is 0 Å². The van der Waals surface area contributed by atoms with Crippen molar-refractivity contribution >= 4 is 44.9 Å². The van der Waals surface area contributed by atoms with Crippen molar-refractivity contribution in [3.8, 4) is 11.1 Å². The number of carboxylic acid groups (broad SMARTS) is 1. The predicted molar refractivity (Wildman–Crippen MR) is 111 cm³/mol. The number of hydrogen-bond donors (Lipinski definition) is 1. The molecule has 0 aliphatic heterocycles. The SMILES string of the molecule is O=C(O)CN(c1ccccc1-c1ccccc1)S(=O)(=O)c1cc(Cl)ccc1Cl. The number of halogens is 2. The minimum Gasteiger partial charge on any atom is -0.480 e. The molecule has 0 heterocycles. The van der Waals surface area contributed by atoms with E-state index in [1.165, 1.54) is 18.2 Å². The van der Waals surface area contributed by atoms with Gasteiger partial charge in [0.15, 0.2) is 0 Å². The Labute approximate surface area is 172 Å². The molecular formula is C20H15Cl2NO4S. The number of anilines is 1. The lowest BCUT2D eigenvalue weighted by Crippen LogP contribution is -2.36. The van der Waals surface area contributed by atoms with E-state index in [1.807, 2.05) is 30.3 Å². The molecule has 0 aliphatic rings. The number of rotatable bonds is 6. The van der Waals surface area contributed by atoms with Gasteiger partial charge in [-0.1, -0.05) is 71.7 Å². The molecule has 3 aromatic carbocycles. The fourth-order valence-electron chi connectivity index (χ4n) is 2.77. The molecular weight excluding hydrogens is 421 g/mol. The summed E-state index contributed by atoms with van der Waals surface area (Å²) in [6, 6.07) is 19.8. The quantitative estimate of drug-likeness (QED) is 0.594. The molecule has 0 fully saturated rings.